The van der Waals surface area contributed by atoms with Crippen molar-refractivity contribution in [3.05, 3.63) is 23.9 Å². The first-order valence-electron chi connectivity index (χ1n) is 3.18. The highest BCUT2D eigenvalue weighted by Crippen LogP contribution is 2.12. The molecule has 0 bridgehead atoms. The smallest absolute Gasteiger partial charge is 0.0979 e. The summed E-state index contributed by atoms with van der Waals surface area (Å²) in [7, 11) is 0. The predicted molar refractivity (Wildman–Crippen MR) is 41.4 cm³/mol. The van der Waals surface area contributed by atoms with Gasteiger partial charge in [0, 0.05) is 11.6 Å². The minimum Gasteiger partial charge on any atom is -0.399 e. The summed E-state index contributed by atoms with van der Waals surface area (Å²) in [6.07, 6.45) is 6.29. The van der Waals surface area contributed by atoms with Crippen molar-refractivity contribution >= 4 is 5.84 Å². The lowest BCUT2D eigenvalue weighted by atomic mass is 9.99. The van der Waals surface area contributed by atoms with Gasteiger partial charge in [-0.25, -0.2) is 0 Å². The van der Waals surface area contributed by atoms with Crippen LogP contribution in [0.1, 0.15) is 6.42 Å². The van der Waals surface area contributed by atoms with Gasteiger partial charge in [-0.05, 0) is 12.5 Å². The molecule has 10 heavy (non-hydrogen) atoms. The maximum absolute atomic E-state index is 7.11. The second-order valence-electron chi connectivity index (χ2n) is 2.36. The number of amidine groups is 1. The van der Waals surface area contributed by atoms with Crippen LogP contribution in [-0.2, 0) is 0 Å². The number of hydrogen-bond donors (Lipinski definition) is 3. The Hall–Kier alpha value is -1.25. The number of allylic oxidation sites excluding steroid dienone is 2. The van der Waals surface area contributed by atoms with Crippen LogP contribution in [0.4, 0.5) is 0 Å². The van der Waals surface area contributed by atoms with E-state index in [2.05, 4.69) is 0 Å². The van der Waals surface area contributed by atoms with Gasteiger partial charge in [0.2, 0.25) is 0 Å². The van der Waals surface area contributed by atoms with E-state index < -0.39 is 0 Å². The van der Waals surface area contributed by atoms with Crippen LogP contribution in [0.2, 0.25) is 0 Å². The molecule has 0 saturated heterocycles. The largest absolute Gasteiger partial charge is 0.399 e. The molecule has 3 heteroatoms. The quantitative estimate of drug-likeness (QED) is 0.360. The fraction of sp³-hybridized carbons (Fsp3) is 0.286. The monoisotopic (exact) mass is 137 g/mol. The molecule has 5 N–H and O–H groups in total. The average Bonchev–Trinajstić information content (AvgIpc) is 1.88. The molecule has 0 radical (unpaired) electrons. The van der Waals surface area contributed by atoms with Crippen molar-refractivity contribution in [1.29, 1.82) is 5.41 Å². The van der Waals surface area contributed by atoms with Crippen LogP contribution in [0.25, 0.3) is 0 Å². The molecular formula is C7H11N3. The zero-order chi connectivity index (χ0) is 7.56. The standard InChI is InChI=1S/C7H11N3/c8-6-3-1-5(2-4-6)7(9)10/h1,3-5H,2,8H2,(H3,9,10). The molecule has 0 aromatic carbocycles. The fourth-order valence-corrected chi connectivity index (χ4v) is 0.868. The van der Waals surface area contributed by atoms with E-state index >= 15 is 0 Å². The van der Waals surface area contributed by atoms with Crippen LogP contribution in [0.5, 0.6) is 0 Å². The lowest BCUT2D eigenvalue weighted by Crippen LogP contribution is -2.21. The van der Waals surface area contributed by atoms with Gasteiger partial charge < -0.3 is 11.5 Å². The van der Waals surface area contributed by atoms with E-state index in [4.69, 9.17) is 16.9 Å². The van der Waals surface area contributed by atoms with Crippen LogP contribution in [0.3, 0.4) is 0 Å². The molecule has 0 fully saturated rings. The first-order valence-corrected chi connectivity index (χ1v) is 3.18. The summed E-state index contributed by atoms with van der Waals surface area (Å²) in [6, 6.07) is 0. The molecular weight excluding hydrogens is 126 g/mol. The van der Waals surface area contributed by atoms with Crippen molar-refractivity contribution < 1.29 is 0 Å². The lowest BCUT2D eigenvalue weighted by molar-refractivity contribution is 0.841. The summed E-state index contributed by atoms with van der Waals surface area (Å²) < 4.78 is 0. The van der Waals surface area contributed by atoms with E-state index in [1.54, 1.807) is 6.08 Å². The number of nitrogens with one attached hydrogen (secondary N) is 1. The van der Waals surface area contributed by atoms with Gasteiger partial charge in [0.1, 0.15) is 0 Å². The highest BCUT2D eigenvalue weighted by atomic mass is 14.7. The third-order valence-corrected chi connectivity index (χ3v) is 1.53. The van der Waals surface area contributed by atoms with Crippen LogP contribution in [0, 0.1) is 11.3 Å². The maximum Gasteiger partial charge on any atom is 0.0979 e. The Morgan fingerprint density at radius 1 is 1.70 bits per heavy atom. The van der Waals surface area contributed by atoms with Gasteiger partial charge in [0.05, 0.1) is 5.84 Å². The number of hydrogen-bond acceptors (Lipinski definition) is 2. The van der Waals surface area contributed by atoms with Gasteiger partial charge in [-0.1, -0.05) is 12.2 Å². The summed E-state index contributed by atoms with van der Waals surface area (Å²) in [6.45, 7) is 0. The predicted octanol–water partition coefficient (Wildman–Crippen LogP) is 0.341. The van der Waals surface area contributed by atoms with Gasteiger partial charge >= 0.3 is 0 Å². The Kier molecular flexibility index (Phi) is 1.76. The van der Waals surface area contributed by atoms with Crippen LogP contribution < -0.4 is 11.5 Å². The number of rotatable bonds is 1. The van der Waals surface area contributed by atoms with Crippen molar-refractivity contribution in [3.8, 4) is 0 Å². The van der Waals surface area contributed by atoms with E-state index in [1.807, 2.05) is 12.2 Å². The van der Waals surface area contributed by atoms with Gasteiger partial charge in [-0.2, -0.15) is 0 Å². The molecule has 0 aromatic heterocycles. The fourth-order valence-electron chi connectivity index (χ4n) is 0.868. The third-order valence-electron chi connectivity index (χ3n) is 1.53. The molecule has 0 saturated carbocycles. The molecule has 0 aliphatic heterocycles. The zero-order valence-corrected chi connectivity index (χ0v) is 5.67. The Bertz CT molecular complexity index is 203. The summed E-state index contributed by atoms with van der Waals surface area (Å²) in [4.78, 5) is 0. The summed E-state index contributed by atoms with van der Waals surface area (Å²) in [5, 5.41) is 7.11. The van der Waals surface area contributed by atoms with Crippen LogP contribution >= 0.6 is 0 Å². The zero-order valence-electron chi connectivity index (χ0n) is 5.67. The normalized spacial score (nSPS) is 24.0. The Morgan fingerprint density at radius 3 is 2.80 bits per heavy atom. The first-order chi connectivity index (χ1) is 4.70. The van der Waals surface area contributed by atoms with E-state index in [-0.39, 0.29) is 11.8 Å². The second kappa shape index (κ2) is 2.56. The Morgan fingerprint density at radius 2 is 2.40 bits per heavy atom. The lowest BCUT2D eigenvalue weighted by Gasteiger charge is -2.11. The Labute approximate surface area is 59.9 Å². The van der Waals surface area contributed by atoms with Gasteiger partial charge in [0.25, 0.3) is 0 Å². The van der Waals surface area contributed by atoms with Crippen molar-refractivity contribution in [2.75, 3.05) is 0 Å². The third kappa shape index (κ3) is 1.37. The molecule has 0 heterocycles. The van der Waals surface area contributed by atoms with E-state index in [9.17, 15) is 0 Å². The summed E-state index contributed by atoms with van der Waals surface area (Å²) in [5.41, 5.74) is 11.5. The summed E-state index contributed by atoms with van der Waals surface area (Å²) in [5.74, 6) is 0.271. The molecule has 0 amide bonds. The van der Waals surface area contributed by atoms with Gasteiger partial charge in [-0.15, -0.1) is 0 Å². The van der Waals surface area contributed by atoms with Gasteiger partial charge in [0.15, 0.2) is 0 Å². The highest BCUT2D eigenvalue weighted by Gasteiger charge is 2.08. The SMILES string of the molecule is N=C(N)C1C=CC(N)=CC1. The Balaban J connectivity index is 2.60. The summed E-state index contributed by atoms with van der Waals surface area (Å²) >= 11 is 0. The van der Waals surface area contributed by atoms with Crippen molar-refractivity contribution in [2.45, 2.75) is 6.42 Å². The average molecular weight is 137 g/mol. The minimum absolute atomic E-state index is 0.0623. The molecule has 0 spiro atoms. The second-order valence-corrected chi connectivity index (χ2v) is 2.36. The van der Waals surface area contributed by atoms with E-state index in [1.165, 1.54) is 0 Å². The molecule has 1 aliphatic carbocycles. The van der Waals surface area contributed by atoms with E-state index in [0.29, 0.717) is 0 Å². The molecule has 1 unspecified atom stereocenters. The molecule has 1 aliphatic rings. The van der Waals surface area contributed by atoms with Crippen LogP contribution in [0.15, 0.2) is 23.9 Å². The number of nitrogens with two attached hydrogens (primary N) is 2. The molecule has 0 aromatic rings. The van der Waals surface area contributed by atoms with Crippen LogP contribution in [-0.4, -0.2) is 5.84 Å². The topological polar surface area (TPSA) is 75.9 Å². The molecule has 1 atom stereocenters. The molecule has 54 valence electrons. The van der Waals surface area contributed by atoms with Crippen molar-refractivity contribution in [3.63, 3.8) is 0 Å². The van der Waals surface area contributed by atoms with Crippen molar-refractivity contribution in [2.24, 2.45) is 17.4 Å². The minimum atomic E-state index is 0.0623. The van der Waals surface area contributed by atoms with Crippen molar-refractivity contribution in [1.82, 2.24) is 0 Å². The molecule has 1 rings (SSSR count). The first kappa shape index (κ1) is 6.86. The maximum atomic E-state index is 7.11. The van der Waals surface area contributed by atoms with E-state index in [0.717, 1.165) is 12.1 Å². The highest BCUT2D eigenvalue weighted by molar-refractivity contribution is 5.81. The molecule has 3 nitrogen and oxygen atoms in total. The van der Waals surface area contributed by atoms with Gasteiger partial charge in [-0.3, -0.25) is 5.41 Å².